The van der Waals surface area contributed by atoms with Crippen molar-refractivity contribution in [3.8, 4) is 17.0 Å². The summed E-state index contributed by atoms with van der Waals surface area (Å²) in [5.41, 5.74) is 6.39. The monoisotopic (exact) mass is 367 g/mol. The molecule has 0 saturated carbocycles. The van der Waals surface area contributed by atoms with Gasteiger partial charge in [-0.2, -0.15) is 13.2 Å². The predicted molar refractivity (Wildman–Crippen MR) is 94.7 cm³/mol. The highest BCUT2D eigenvalue weighted by molar-refractivity contribution is 5.61. The van der Waals surface area contributed by atoms with E-state index in [1.54, 1.807) is 6.07 Å². The van der Waals surface area contributed by atoms with E-state index < -0.39 is 17.4 Å². The van der Waals surface area contributed by atoms with Crippen LogP contribution in [0.3, 0.4) is 0 Å². The summed E-state index contributed by atoms with van der Waals surface area (Å²) in [5, 5.41) is 0. The number of ether oxygens (including phenoxy) is 1. The van der Waals surface area contributed by atoms with E-state index in [1.807, 2.05) is 13.8 Å². The van der Waals surface area contributed by atoms with Gasteiger partial charge >= 0.3 is 6.18 Å². The van der Waals surface area contributed by atoms with Crippen LogP contribution in [0.2, 0.25) is 0 Å². The van der Waals surface area contributed by atoms with Gasteiger partial charge in [-0.3, -0.25) is 9.97 Å². The molecule has 0 aliphatic rings. The zero-order chi connectivity index (χ0) is 19.5. The molecule has 4 nitrogen and oxygen atoms in total. The van der Waals surface area contributed by atoms with Crippen molar-refractivity contribution in [3.05, 3.63) is 41.9 Å². The van der Waals surface area contributed by atoms with Crippen molar-refractivity contribution in [2.24, 2.45) is 11.7 Å². The van der Waals surface area contributed by atoms with Gasteiger partial charge in [-0.25, -0.2) is 0 Å². The lowest BCUT2D eigenvalue weighted by molar-refractivity contribution is -0.141. The van der Waals surface area contributed by atoms with Crippen LogP contribution in [0.4, 0.5) is 13.2 Å². The molecule has 0 radical (unpaired) electrons. The first kappa shape index (κ1) is 20.2. The fourth-order valence-electron chi connectivity index (χ4n) is 2.83. The number of hydrogen-bond donors (Lipinski definition) is 1. The van der Waals surface area contributed by atoms with Gasteiger partial charge in [-0.15, -0.1) is 0 Å². The van der Waals surface area contributed by atoms with Crippen molar-refractivity contribution in [2.75, 3.05) is 6.61 Å². The SMILES string of the molecule is Cc1cc(-c2ccnc(C(F)(F)F)c2)ncc1OC[C@@](C)(N)CC(C)C. The number of hydrogen-bond acceptors (Lipinski definition) is 4. The largest absolute Gasteiger partial charge is 0.490 e. The minimum atomic E-state index is -4.49. The number of aromatic nitrogens is 2. The molecule has 0 aliphatic carbocycles. The maximum Gasteiger partial charge on any atom is 0.433 e. The molecule has 7 heteroatoms. The average molecular weight is 367 g/mol. The maximum absolute atomic E-state index is 12.8. The van der Waals surface area contributed by atoms with Crippen molar-refractivity contribution in [2.45, 2.75) is 45.8 Å². The molecule has 1 atom stereocenters. The molecule has 0 unspecified atom stereocenters. The van der Waals surface area contributed by atoms with E-state index in [4.69, 9.17) is 10.5 Å². The van der Waals surface area contributed by atoms with Gasteiger partial charge in [0.2, 0.25) is 0 Å². The second kappa shape index (κ2) is 7.61. The molecule has 2 aromatic heterocycles. The number of nitrogens with two attached hydrogens (primary N) is 1. The summed E-state index contributed by atoms with van der Waals surface area (Å²) >= 11 is 0. The van der Waals surface area contributed by atoms with E-state index in [-0.39, 0.29) is 0 Å². The highest BCUT2D eigenvalue weighted by atomic mass is 19.4. The van der Waals surface area contributed by atoms with Gasteiger partial charge in [-0.1, -0.05) is 13.8 Å². The third-order valence-corrected chi connectivity index (χ3v) is 3.84. The van der Waals surface area contributed by atoms with Crippen LogP contribution in [-0.2, 0) is 6.18 Å². The minimum Gasteiger partial charge on any atom is -0.490 e. The Balaban J connectivity index is 2.17. The van der Waals surface area contributed by atoms with Crippen molar-refractivity contribution < 1.29 is 17.9 Å². The lowest BCUT2D eigenvalue weighted by atomic mass is 9.93. The van der Waals surface area contributed by atoms with E-state index >= 15 is 0 Å². The molecule has 0 aliphatic heterocycles. The van der Waals surface area contributed by atoms with Crippen LogP contribution in [0, 0.1) is 12.8 Å². The Morgan fingerprint density at radius 2 is 1.88 bits per heavy atom. The summed E-state index contributed by atoms with van der Waals surface area (Å²) in [5.74, 6) is 1.02. The number of halogens is 3. The smallest absolute Gasteiger partial charge is 0.433 e. The summed E-state index contributed by atoms with van der Waals surface area (Å²) in [6, 6.07) is 4.18. The zero-order valence-corrected chi connectivity index (χ0v) is 15.4. The molecular weight excluding hydrogens is 343 g/mol. The standard InChI is InChI=1S/C19H24F3N3O/c1-12(2)9-18(4,23)11-26-16-10-25-15(7-13(16)3)14-5-6-24-17(8-14)19(20,21)22/h5-8,10,12H,9,11,23H2,1-4H3/t18-/m0/s1. The molecule has 0 fully saturated rings. The predicted octanol–water partition coefficient (Wildman–Crippen LogP) is 4.61. The third-order valence-electron chi connectivity index (χ3n) is 3.84. The van der Waals surface area contributed by atoms with Crippen molar-refractivity contribution in [3.63, 3.8) is 0 Å². The minimum absolute atomic E-state index is 0.334. The fourth-order valence-corrected chi connectivity index (χ4v) is 2.83. The van der Waals surface area contributed by atoms with Gasteiger partial charge in [0.05, 0.1) is 11.9 Å². The maximum atomic E-state index is 12.8. The Morgan fingerprint density at radius 3 is 2.46 bits per heavy atom. The number of rotatable bonds is 6. The first-order valence-electron chi connectivity index (χ1n) is 8.40. The molecule has 2 aromatic rings. The number of alkyl halides is 3. The quantitative estimate of drug-likeness (QED) is 0.810. The van der Waals surface area contributed by atoms with Crippen LogP contribution in [0.1, 0.15) is 38.4 Å². The van der Waals surface area contributed by atoms with Crippen molar-refractivity contribution in [1.29, 1.82) is 0 Å². The van der Waals surface area contributed by atoms with Gasteiger partial charge in [-0.05, 0) is 49.9 Å². The molecule has 2 rings (SSSR count). The van der Waals surface area contributed by atoms with Crippen molar-refractivity contribution >= 4 is 0 Å². The summed E-state index contributed by atoms with van der Waals surface area (Å²) in [4.78, 5) is 7.60. The lowest BCUT2D eigenvalue weighted by Gasteiger charge is -2.27. The molecule has 0 aromatic carbocycles. The highest BCUT2D eigenvalue weighted by Gasteiger charge is 2.32. The topological polar surface area (TPSA) is 61.0 Å². The van der Waals surface area contributed by atoms with E-state index in [2.05, 4.69) is 23.8 Å². The molecule has 0 saturated heterocycles. The normalized spacial score (nSPS) is 14.3. The van der Waals surface area contributed by atoms with Crippen LogP contribution in [0.15, 0.2) is 30.6 Å². The summed E-state index contributed by atoms with van der Waals surface area (Å²) in [6.45, 7) is 8.27. The molecule has 0 bridgehead atoms. The van der Waals surface area contributed by atoms with Crippen molar-refractivity contribution in [1.82, 2.24) is 9.97 Å². The first-order chi connectivity index (χ1) is 12.0. The number of pyridine rings is 2. The Hall–Kier alpha value is -2.15. The van der Waals surface area contributed by atoms with Crippen LogP contribution < -0.4 is 10.5 Å². The van der Waals surface area contributed by atoms with Gasteiger partial charge in [0.25, 0.3) is 0 Å². The van der Waals surface area contributed by atoms with Gasteiger partial charge < -0.3 is 10.5 Å². The third kappa shape index (κ3) is 5.42. The Morgan fingerprint density at radius 1 is 1.19 bits per heavy atom. The van der Waals surface area contributed by atoms with Crippen LogP contribution in [-0.4, -0.2) is 22.1 Å². The first-order valence-corrected chi connectivity index (χ1v) is 8.40. The second-order valence-corrected chi connectivity index (χ2v) is 7.30. The molecule has 2 heterocycles. The van der Waals surface area contributed by atoms with E-state index in [1.165, 1.54) is 12.3 Å². The average Bonchev–Trinajstić information content (AvgIpc) is 2.52. The molecule has 142 valence electrons. The second-order valence-electron chi connectivity index (χ2n) is 7.30. The van der Waals surface area contributed by atoms with Gasteiger partial charge in [0.1, 0.15) is 18.1 Å². The molecular formula is C19H24F3N3O. The fraction of sp³-hybridized carbons (Fsp3) is 0.474. The van der Waals surface area contributed by atoms with Crippen LogP contribution >= 0.6 is 0 Å². The Bertz CT molecular complexity index is 758. The highest BCUT2D eigenvalue weighted by Crippen LogP contribution is 2.31. The Labute approximate surface area is 151 Å². The zero-order valence-electron chi connectivity index (χ0n) is 15.4. The van der Waals surface area contributed by atoms with E-state index in [9.17, 15) is 13.2 Å². The summed E-state index contributed by atoms with van der Waals surface area (Å²) in [6.07, 6.45) is -1.03. The molecule has 26 heavy (non-hydrogen) atoms. The van der Waals surface area contributed by atoms with Gasteiger partial charge in [0.15, 0.2) is 0 Å². The van der Waals surface area contributed by atoms with Crippen LogP contribution in [0.5, 0.6) is 5.75 Å². The lowest BCUT2D eigenvalue weighted by Crippen LogP contribution is -2.43. The summed E-state index contributed by atoms with van der Waals surface area (Å²) < 4.78 is 44.2. The molecule has 0 spiro atoms. The van der Waals surface area contributed by atoms with E-state index in [0.717, 1.165) is 24.2 Å². The number of aryl methyl sites for hydroxylation is 1. The molecule has 0 amide bonds. The molecule has 2 N–H and O–H groups in total. The van der Waals surface area contributed by atoms with Crippen LogP contribution in [0.25, 0.3) is 11.3 Å². The van der Waals surface area contributed by atoms with E-state index in [0.29, 0.717) is 29.5 Å². The Kier molecular flexibility index (Phi) is 5.91. The van der Waals surface area contributed by atoms with Gasteiger partial charge in [0, 0.05) is 17.3 Å². The summed E-state index contributed by atoms with van der Waals surface area (Å²) in [7, 11) is 0. The number of nitrogens with zero attached hydrogens (tertiary/aromatic N) is 2.